The van der Waals surface area contributed by atoms with Gasteiger partial charge in [-0.25, -0.2) is 4.99 Å². The van der Waals surface area contributed by atoms with Crippen LogP contribution < -0.4 is 10.2 Å². The number of benzene rings is 2. The second-order valence-electron chi connectivity index (χ2n) is 8.42. The molecule has 2 aliphatic rings. The molecule has 0 amide bonds. The average Bonchev–Trinajstić information content (AvgIpc) is 2.86. The number of anilines is 2. The Balaban J connectivity index is 1.80. The standard InChI is InChI=1S/C23H27N3OS/c1-16-8-7-10-18(14-16)26-21(28)25-20(24-19-11-6-5-9-17(19)2)23(26)12-13-27-22(3,4)15-23/h5-11,14H,12-13,15H2,1-4H3,(H,24,25,28)/t23-/m1/s1. The molecule has 146 valence electrons. The van der Waals surface area contributed by atoms with E-state index in [0.29, 0.717) is 11.7 Å². The molecule has 2 aromatic carbocycles. The second kappa shape index (κ2) is 6.98. The summed E-state index contributed by atoms with van der Waals surface area (Å²) in [5.41, 5.74) is 3.96. The van der Waals surface area contributed by atoms with Gasteiger partial charge in [0, 0.05) is 30.8 Å². The van der Waals surface area contributed by atoms with Crippen LogP contribution in [0.25, 0.3) is 0 Å². The minimum atomic E-state index is -0.338. The Hall–Kier alpha value is -2.24. The molecule has 1 fully saturated rings. The zero-order valence-corrected chi connectivity index (χ0v) is 17.8. The summed E-state index contributed by atoms with van der Waals surface area (Å²) in [6, 6.07) is 16.8. The summed E-state index contributed by atoms with van der Waals surface area (Å²) in [6.07, 6.45) is 1.65. The van der Waals surface area contributed by atoms with E-state index in [0.717, 1.165) is 30.1 Å². The molecule has 5 heteroatoms. The number of para-hydroxylation sites is 1. The molecule has 2 heterocycles. The zero-order valence-electron chi connectivity index (χ0n) is 17.0. The van der Waals surface area contributed by atoms with E-state index in [1.807, 2.05) is 12.1 Å². The summed E-state index contributed by atoms with van der Waals surface area (Å²) in [6.45, 7) is 9.18. The maximum absolute atomic E-state index is 6.06. The van der Waals surface area contributed by atoms with Gasteiger partial charge in [0.1, 0.15) is 11.4 Å². The van der Waals surface area contributed by atoms with Crippen LogP contribution in [0, 0.1) is 13.8 Å². The average molecular weight is 394 g/mol. The second-order valence-corrected chi connectivity index (χ2v) is 8.79. The SMILES string of the molecule is Cc1cccc(N2C(=S)N=C(Nc3ccccc3C)[C@]23CCOC(C)(C)C3)c1. The highest BCUT2D eigenvalue weighted by molar-refractivity contribution is 7.80. The number of nitrogens with zero attached hydrogens (tertiary/aromatic N) is 2. The Kier molecular flexibility index (Phi) is 4.76. The lowest BCUT2D eigenvalue weighted by molar-refractivity contribution is -0.0661. The Morgan fingerprint density at radius 2 is 1.89 bits per heavy atom. The first-order chi connectivity index (χ1) is 13.3. The van der Waals surface area contributed by atoms with E-state index in [-0.39, 0.29) is 11.1 Å². The van der Waals surface area contributed by atoms with E-state index in [4.69, 9.17) is 21.9 Å². The first-order valence-electron chi connectivity index (χ1n) is 9.77. The van der Waals surface area contributed by atoms with E-state index in [9.17, 15) is 0 Å². The van der Waals surface area contributed by atoms with Crippen LogP contribution in [-0.2, 0) is 4.74 Å². The van der Waals surface area contributed by atoms with Crippen molar-refractivity contribution in [1.29, 1.82) is 0 Å². The molecule has 0 bridgehead atoms. The Morgan fingerprint density at radius 3 is 2.61 bits per heavy atom. The Labute approximate surface area is 172 Å². The van der Waals surface area contributed by atoms with Crippen molar-refractivity contribution in [1.82, 2.24) is 0 Å². The van der Waals surface area contributed by atoms with Crippen molar-refractivity contribution in [2.75, 3.05) is 16.8 Å². The zero-order chi connectivity index (χ0) is 19.9. The molecule has 0 saturated carbocycles. The highest BCUT2D eigenvalue weighted by Crippen LogP contribution is 2.44. The van der Waals surface area contributed by atoms with Gasteiger partial charge >= 0.3 is 0 Å². The summed E-state index contributed by atoms with van der Waals surface area (Å²) >= 11 is 5.78. The van der Waals surface area contributed by atoms with Crippen LogP contribution in [0.2, 0.25) is 0 Å². The van der Waals surface area contributed by atoms with Gasteiger partial charge in [0.05, 0.1) is 5.60 Å². The van der Waals surface area contributed by atoms with E-state index in [2.05, 4.69) is 74.3 Å². The van der Waals surface area contributed by atoms with Crippen LogP contribution >= 0.6 is 12.2 Å². The van der Waals surface area contributed by atoms with Crippen LogP contribution in [0.3, 0.4) is 0 Å². The fraction of sp³-hybridized carbons (Fsp3) is 0.391. The summed E-state index contributed by atoms with van der Waals surface area (Å²) in [7, 11) is 0. The normalized spacial score (nSPS) is 23.8. The topological polar surface area (TPSA) is 36.9 Å². The van der Waals surface area contributed by atoms with E-state index >= 15 is 0 Å². The molecule has 28 heavy (non-hydrogen) atoms. The third-order valence-electron chi connectivity index (χ3n) is 5.65. The Bertz CT molecular complexity index is 952. The summed E-state index contributed by atoms with van der Waals surface area (Å²) < 4.78 is 6.06. The van der Waals surface area contributed by atoms with Crippen molar-refractivity contribution < 1.29 is 4.74 Å². The van der Waals surface area contributed by atoms with E-state index in [1.165, 1.54) is 11.1 Å². The number of hydrogen-bond donors (Lipinski definition) is 1. The van der Waals surface area contributed by atoms with Crippen molar-refractivity contribution in [3.63, 3.8) is 0 Å². The van der Waals surface area contributed by atoms with Gasteiger partial charge in [-0.15, -0.1) is 0 Å². The number of thiocarbonyl (C=S) groups is 1. The molecule has 4 rings (SSSR count). The van der Waals surface area contributed by atoms with E-state index < -0.39 is 0 Å². The lowest BCUT2D eigenvalue weighted by Gasteiger charge is -2.48. The van der Waals surface area contributed by atoms with Crippen molar-refractivity contribution in [2.24, 2.45) is 4.99 Å². The summed E-state index contributed by atoms with van der Waals surface area (Å²) in [5, 5.41) is 4.23. The van der Waals surface area contributed by atoms with Crippen molar-refractivity contribution >= 4 is 34.5 Å². The fourth-order valence-electron chi connectivity index (χ4n) is 4.38. The maximum atomic E-state index is 6.06. The maximum Gasteiger partial charge on any atom is 0.202 e. The molecule has 1 atom stereocenters. The third-order valence-corrected chi connectivity index (χ3v) is 5.93. The molecule has 0 radical (unpaired) electrons. The summed E-state index contributed by atoms with van der Waals surface area (Å²) in [5.74, 6) is 0.921. The lowest BCUT2D eigenvalue weighted by Crippen LogP contribution is -2.60. The number of hydrogen-bond acceptors (Lipinski definition) is 3. The molecular formula is C23H27N3OS. The van der Waals surface area contributed by atoms with Gasteiger partial charge in [-0.1, -0.05) is 30.3 Å². The van der Waals surface area contributed by atoms with Gasteiger partial charge < -0.3 is 15.0 Å². The number of nitrogens with one attached hydrogen (secondary N) is 1. The fourth-order valence-corrected chi connectivity index (χ4v) is 4.75. The molecular weight excluding hydrogens is 366 g/mol. The van der Waals surface area contributed by atoms with Crippen LogP contribution in [0.5, 0.6) is 0 Å². The van der Waals surface area contributed by atoms with Gasteiger partial charge in [-0.05, 0) is 69.2 Å². The molecule has 1 spiro atoms. The molecule has 1 N–H and O–H groups in total. The highest BCUT2D eigenvalue weighted by atomic mass is 32.1. The van der Waals surface area contributed by atoms with Crippen molar-refractivity contribution in [3.8, 4) is 0 Å². The van der Waals surface area contributed by atoms with Gasteiger partial charge in [-0.2, -0.15) is 0 Å². The third kappa shape index (κ3) is 3.33. The van der Waals surface area contributed by atoms with Crippen LogP contribution in [-0.4, -0.2) is 28.7 Å². The van der Waals surface area contributed by atoms with Crippen LogP contribution in [0.1, 0.15) is 37.8 Å². The smallest absolute Gasteiger partial charge is 0.202 e. The van der Waals surface area contributed by atoms with Gasteiger partial charge in [0.15, 0.2) is 0 Å². The van der Waals surface area contributed by atoms with Gasteiger partial charge in [-0.3, -0.25) is 0 Å². The first-order valence-corrected chi connectivity index (χ1v) is 10.2. The number of aliphatic imine (C=N–C) groups is 1. The number of aryl methyl sites for hydroxylation is 2. The van der Waals surface area contributed by atoms with E-state index in [1.54, 1.807) is 0 Å². The highest BCUT2D eigenvalue weighted by Gasteiger charge is 2.53. The van der Waals surface area contributed by atoms with Crippen LogP contribution in [0.15, 0.2) is 53.5 Å². The van der Waals surface area contributed by atoms with Gasteiger partial charge in [0.2, 0.25) is 5.11 Å². The van der Waals surface area contributed by atoms with Crippen molar-refractivity contribution in [2.45, 2.75) is 51.7 Å². The molecule has 0 unspecified atom stereocenters. The summed E-state index contributed by atoms with van der Waals surface area (Å²) in [4.78, 5) is 7.10. The van der Waals surface area contributed by atoms with Crippen LogP contribution in [0.4, 0.5) is 11.4 Å². The molecule has 0 aromatic heterocycles. The minimum absolute atomic E-state index is 0.255. The lowest BCUT2D eigenvalue weighted by atomic mass is 9.79. The molecule has 4 nitrogen and oxygen atoms in total. The van der Waals surface area contributed by atoms with Crippen molar-refractivity contribution in [3.05, 3.63) is 59.7 Å². The Morgan fingerprint density at radius 1 is 1.11 bits per heavy atom. The number of rotatable bonds is 2. The molecule has 0 aliphatic carbocycles. The minimum Gasteiger partial charge on any atom is -0.375 e. The molecule has 1 saturated heterocycles. The quantitative estimate of drug-likeness (QED) is 0.708. The predicted octanol–water partition coefficient (Wildman–Crippen LogP) is 5.25. The first kappa shape index (κ1) is 19.1. The largest absolute Gasteiger partial charge is 0.375 e. The predicted molar refractivity (Wildman–Crippen MR) is 120 cm³/mol. The molecule has 2 aliphatic heterocycles. The number of ether oxygens (including phenoxy) is 1. The molecule has 2 aromatic rings. The number of amidine groups is 1. The van der Waals surface area contributed by atoms with Gasteiger partial charge in [0.25, 0.3) is 0 Å². The monoisotopic (exact) mass is 393 g/mol.